The number of ether oxygens (including phenoxy) is 1. The van der Waals surface area contributed by atoms with Crippen LogP contribution in [0.15, 0.2) is 18.3 Å². The highest BCUT2D eigenvalue weighted by molar-refractivity contribution is 5.97. The molecule has 0 aromatic carbocycles. The van der Waals surface area contributed by atoms with Gasteiger partial charge in [-0.2, -0.15) is 0 Å². The summed E-state index contributed by atoms with van der Waals surface area (Å²) >= 11 is 0. The second kappa shape index (κ2) is 6.33. The van der Waals surface area contributed by atoms with Crippen molar-refractivity contribution in [1.29, 1.82) is 0 Å². The second-order valence-electron chi connectivity index (χ2n) is 4.75. The monoisotopic (exact) mass is 278 g/mol. The fourth-order valence-corrected chi connectivity index (χ4v) is 1.77. The zero-order valence-electron chi connectivity index (χ0n) is 11.5. The zero-order valence-corrected chi connectivity index (χ0v) is 11.5. The van der Waals surface area contributed by atoms with Gasteiger partial charge < -0.3 is 15.4 Å². The minimum Gasteiger partial charge on any atom is -0.473 e. The first kappa shape index (κ1) is 14.3. The molecule has 1 fully saturated rings. The third kappa shape index (κ3) is 3.67. The smallest absolute Gasteiger partial charge is 0.243 e. The summed E-state index contributed by atoms with van der Waals surface area (Å²) in [6.45, 7) is 4.18. The lowest BCUT2D eigenvalue weighted by Gasteiger charge is -2.23. The van der Waals surface area contributed by atoms with Crippen molar-refractivity contribution in [3.63, 3.8) is 0 Å². The zero-order chi connectivity index (χ0) is 14.5. The third-order valence-corrected chi connectivity index (χ3v) is 2.71. The lowest BCUT2D eigenvalue weighted by atomic mass is 10.2. The van der Waals surface area contributed by atoms with E-state index < -0.39 is 6.04 Å². The molecule has 20 heavy (non-hydrogen) atoms. The molecular formula is C13H18N4O3. The van der Waals surface area contributed by atoms with Crippen molar-refractivity contribution >= 4 is 17.5 Å². The van der Waals surface area contributed by atoms with Crippen LogP contribution in [0, 0.1) is 0 Å². The molecule has 1 unspecified atom stereocenters. The van der Waals surface area contributed by atoms with Crippen molar-refractivity contribution in [2.24, 2.45) is 0 Å². The molecule has 2 amide bonds. The van der Waals surface area contributed by atoms with E-state index in [0.717, 1.165) is 0 Å². The molecule has 0 spiro atoms. The number of carbonyl (C=O) groups is 2. The van der Waals surface area contributed by atoms with Gasteiger partial charge >= 0.3 is 0 Å². The number of rotatable bonds is 4. The quantitative estimate of drug-likeness (QED) is 0.715. The normalized spacial score (nSPS) is 18.6. The van der Waals surface area contributed by atoms with Gasteiger partial charge in [0.2, 0.25) is 17.7 Å². The molecule has 0 saturated carbocycles. The fourth-order valence-electron chi connectivity index (χ4n) is 1.77. The number of nitrogens with one attached hydrogen (secondary N) is 3. The first-order valence-electron chi connectivity index (χ1n) is 6.49. The van der Waals surface area contributed by atoms with Crippen LogP contribution in [-0.4, -0.2) is 42.0 Å². The second-order valence-corrected chi connectivity index (χ2v) is 4.75. The van der Waals surface area contributed by atoms with Crippen molar-refractivity contribution in [2.45, 2.75) is 26.0 Å². The predicted octanol–water partition coefficient (Wildman–Crippen LogP) is -0.105. The van der Waals surface area contributed by atoms with Crippen LogP contribution in [0.4, 0.5) is 5.69 Å². The highest BCUT2D eigenvalue weighted by Crippen LogP contribution is 2.21. The lowest BCUT2D eigenvalue weighted by molar-refractivity contribution is -0.124. The maximum absolute atomic E-state index is 12.1. The van der Waals surface area contributed by atoms with Crippen molar-refractivity contribution in [3.8, 4) is 5.88 Å². The van der Waals surface area contributed by atoms with Crippen molar-refractivity contribution in [3.05, 3.63) is 18.3 Å². The number of nitrogens with zero attached hydrogens (tertiary/aromatic N) is 1. The Morgan fingerprint density at radius 1 is 1.55 bits per heavy atom. The van der Waals surface area contributed by atoms with E-state index in [1.165, 1.54) is 0 Å². The summed E-state index contributed by atoms with van der Waals surface area (Å²) in [6, 6.07) is 2.99. The number of hydrogen-bond donors (Lipinski definition) is 3. The minimum absolute atomic E-state index is 0.0346. The van der Waals surface area contributed by atoms with E-state index in [9.17, 15) is 9.59 Å². The number of carbonyl (C=O) groups excluding carboxylic acids is 2. The van der Waals surface area contributed by atoms with E-state index in [-0.39, 0.29) is 31.0 Å². The first-order valence-corrected chi connectivity index (χ1v) is 6.49. The molecule has 7 heteroatoms. The molecular weight excluding hydrogens is 260 g/mol. The molecule has 108 valence electrons. The number of hydrogen-bond acceptors (Lipinski definition) is 5. The highest BCUT2D eigenvalue weighted by atomic mass is 16.5. The summed E-state index contributed by atoms with van der Waals surface area (Å²) in [7, 11) is 0. The third-order valence-electron chi connectivity index (χ3n) is 2.71. The van der Waals surface area contributed by atoms with Crippen LogP contribution in [0.25, 0.3) is 0 Å². The van der Waals surface area contributed by atoms with Crippen LogP contribution < -0.4 is 20.7 Å². The van der Waals surface area contributed by atoms with E-state index in [1.54, 1.807) is 18.3 Å². The van der Waals surface area contributed by atoms with Gasteiger partial charge in [0.1, 0.15) is 11.7 Å². The summed E-state index contributed by atoms with van der Waals surface area (Å²) in [6.07, 6.45) is 1.57. The van der Waals surface area contributed by atoms with Crippen molar-refractivity contribution in [2.75, 3.05) is 18.4 Å². The summed E-state index contributed by atoms with van der Waals surface area (Å²) in [5.74, 6) is 0.0431. The Balaban J connectivity index is 2.02. The molecule has 1 aliphatic rings. The maximum Gasteiger partial charge on any atom is 0.243 e. The molecule has 0 radical (unpaired) electrons. The van der Waals surface area contributed by atoms with E-state index in [1.807, 2.05) is 13.8 Å². The summed E-state index contributed by atoms with van der Waals surface area (Å²) in [5.41, 5.74) is 0.518. The Morgan fingerprint density at radius 2 is 2.35 bits per heavy atom. The minimum atomic E-state index is -0.459. The Labute approximate surface area is 117 Å². The number of anilines is 1. The van der Waals surface area contributed by atoms with Gasteiger partial charge in [0.05, 0.1) is 12.6 Å². The summed E-state index contributed by atoms with van der Waals surface area (Å²) in [4.78, 5) is 27.2. The van der Waals surface area contributed by atoms with Crippen LogP contribution in [0.1, 0.15) is 13.8 Å². The Morgan fingerprint density at radius 3 is 3.00 bits per heavy atom. The molecule has 1 saturated heterocycles. The topological polar surface area (TPSA) is 92.3 Å². The van der Waals surface area contributed by atoms with E-state index in [2.05, 4.69) is 20.9 Å². The molecule has 1 aliphatic heterocycles. The van der Waals surface area contributed by atoms with Crippen molar-refractivity contribution in [1.82, 2.24) is 15.6 Å². The van der Waals surface area contributed by atoms with E-state index >= 15 is 0 Å². The Kier molecular flexibility index (Phi) is 4.52. The molecule has 2 rings (SSSR count). The molecule has 0 bridgehead atoms. The fraction of sp³-hybridized carbons (Fsp3) is 0.462. The van der Waals surface area contributed by atoms with Gasteiger partial charge in [0.15, 0.2) is 0 Å². The van der Waals surface area contributed by atoms with Crippen LogP contribution in [-0.2, 0) is 9.59 Å². The Bertz CT molecular complexity index is 494. The van der Waals surface area contributed by atoms with Crippen LogP contribution in [0.3, 0.4) is 0 Å². The largest absolute Gasteiger partial charge is 0.473 e. The number of pyridine rings is 1. The van der Waals surface area contributed by atoms with Gasteiger partial charge in [-0.15, -0.1) is 0 Å². The highest BCUT2D eigenvalue weighted by Gasteiger charge is 2.24. The van der Waals surface area contributed by atoms with Crippen LogP contribution >= 0.6 is 0 Å². The van der Waals surface area contributed by atoms with Gasteiger partial charge in [0.25, 0.3) is 0 Å². The maximum atomic E-state index is 12.1. The van der Waals surface area contributed by atoms with Crippen molar-refractivity contribution < 1.29 is 14.3 Å². The molecule has 7 nitrogen and oxygen atoms in total. The first-order chi connectivity index (χ1) is 9.56. The molecule has 3 N–H and O–H groups in total. The average Bonchev–Trinajstić information content (AvgIpc) is 2.41. The molecule has 0 aliphatic carbocycles. The van der Waals surface area contributed by atoms with Crippen LogP contribution in [0.5, 0.6) is 5.88 Å². The van der Waals surface area contributed by atoms with Gasteiger partial charge in [0, 0.05) is 12.7 Å². The standard InChI is InChI=1S/C13H18N4O3/c1-8(2)20-13-9(4-3-5-14-13)17-12(19)10-6-16-11(18)7-15-10/h3-5,8,10,15H,6-7H2,1-2H3,(H,16,18)(H,17,19). The van der Waals surface area contributed by atoms with Gasteiger partial charge in [-0.3, -0.25) is 14.9 Å². The van der Waals surface area contributed by atoms with Gasteiger partial charge in [-0.05, 0) is 26.0 Å². The number of piperazine rings is 1. The van der Waals surface area contributed by atoms with Gasteiger partial charge in [-0.1, -0.05) is 0 Å². The summed E-state index contributed by atoms with van der Waals surface area (Å²) < 4.78 is 5.53. The molecule has 1 aromatic heterocycles. The summed E-state index contributed by atoms with van der Waals surface area (Å²) in [5, 5.41) is 8.26. The predicted molar refractivity (Wildman–Crippen MR) is 73.4 cm³/mol. The van der Waals surface area contributed by atoms with Gasteiger partial charge in [-0.25, -0.2) is 4.98 Å². The van der Waals surface area contributed by atoms with E-state index in [4.69, 9.17) is 4.74 Å². The lowest BCUT2D eigenvalue weighted by Crippen LogP contribution is -2.56. The Hall–Kier alpha value is -2.15. The average molecular weight is 278 g/mol. The SMILES string of the molecule is CC(C)Oc1ncccc1NC(=O)C1CNC(=O)CN1. The van der Waals surface area contributed by atoms with Crippen LogP contribution in [0.2, 0.25) is 0 Å². The van der Waals surface area contributed by atoms with E-state index in [0.29, 0.717) is 11.6 Å². The molecule has 1 aromatic rings. The number of amides is 2. The molecule has 1 atom stereocenters. The molecule has 2 heterocycles. The number of aromatic nitrogens is 1.